The summed E-state index contributed by atoms with van der Waals surface area (Å²) in [4.78, 5) is 16.3. The van der Waals surface area contributed by atoms with Crippen LogP contribution in [0.4, 0.5) is 4.39 Å². The van der Waals surface area contributed by atoms with Crippen LogP contribution in [0.1, 0.15) is 24.3 Å². The molecule has 110 valence electrons. The number of carbonyl (C=O) groups is 1. The molecule has 5 heteroatoms. The van der Waals surface area contributed by atoms with E-state index in [0.29, 0.717) is 0 Å². The summed E-state index contributed by atoms with van der Waals surface area (Å²) in [5, 5.41) is -0.00956. The topological polar surface area (TPSA) is 23.6 Å². The highest BCUT2D eigenvalue weighted by Gasteiger charge is 2.37. The highest BCUT2D eigenvalue weighted by molar-refractivity contribution is 8.01. The van der Waals surface area contributed by atoms with Crippen LogP contribution in [0, 0.1) is 5.82 Å². The number of rotatable bonds is 5. The molecule has 1 aliphatic rings. The second-order valence-electron chi connectivity index (χ2n) is 5.37. The van der Waals surface area contributed by atoms with E-state index in [2.05, 4.69) is 4.90 Å². The van der Waals surface area contributed by atoms with Crippen LogP contribution in [0.5, 0.6) is 0 Å². The number of benzene rings is 1. The molecule has 0 N–H and O–H groups in total. The third-order valence-electron chi connectivity index (χ3n) is 3.41. The molecule has 0 radical (unpaired) electrons. The summed E-state index contributed by atoms with van der Waals surface area (Å²) in [7, 11) is 4.06. The second-order valence-corrected chi connectivity index (χ2v) is 6.80. The molecule has 0 spiro atoms. The van der Waals surface area contributed by atoms with E-state index >= 15 is 0 Å². The standard InChI is InChI=1S/C15H21FN2OS/c1-11-14(19)18(10-4-9-17(2)3)15(20-11)12-5-7-13(16)8-6-12/h5-8,11,15H,4,9-10H2,1-3H3. The van der Waals surface area contributed by atoms with E-state index in [1.807, 2.05) is 25.9 Å². The Morgan fingerprint density at radius 1 is 1.30 bits per heavy atom. The Kier molecular flexibility index (Phi) is 5.05. The van der Waals surface area contributed by atoms with Gasteiger partial charge < -0.3 is 9.80 Å². The Morgan fingerprint density at radius 2 is 1.95 bits per heavy atom. The van der Waals surface area contributed by atoms with Crippen LogP contribution >= 0.6 is 11.8 Å². The lowest BCUT2D eigenvalue weighted by atomic mass is 10.2. The van der Waals surface area contributed by atoms with Crippen molar-refractivity contribution in [3.63, 3.8) is 0 Å². The van der Waals surface area contributed by atoms with Crippen LogP contribution in [0.3, 0.4) is 0 Å². The lowest BCUT2D eigenvalue weighted by molar-refractivity contribution is -0.129. The summed E-state index contributed by atoms with van der Waals surface area (Å²) in [6.45, 7) is 3.64. The molecule has 20 heavy (non-hydrogen) atoms. The van der Waals surface area contributed by atoms with E-state index in [4.69, 9.17) is 0 Å². The Bertz CT molecular complexity index is 463. The minimum absolute atomic E-state index is 0.0141. The van der Waals surface area contributed by atoms with E-state index in [1.165, 1.54) is 12.1 Å². The van der Waals surface area contributed by atoms with E-state index < -0.39 is 0 Å². The van der Waals surface area contributed by atoms with Crippen molar-refractivity contribution in [3.05, 3.63) is 35.6 Å². The number of thioether (sulfide) groups is 1. The van der Waals surface area contributed by atoms with E-state index in [0.717, 1.165) is 25.1 Å². The van der Waals surface area contributed by atoms with Gasteiger partial charge in [-0.25, -0.2) is 4.39 Å². The van der Waals surface area contributed by atoms with Crippen molar-refractivity contribution >= 4 is 17.7 Å². The fraction of sp³-hybridized carbons (Fsp3) is 0.533. The Morgan fingerprint density at radius 3 is 2.55 bits per heavy atom. The van der Waals surface area contributed by atoms with Gasteiger partial charge in [-0.2, -0.15) is 0 Å². The average Bonchev–Trinajstić information content (AvgIpc) is 2.67. The summed E-state index contributed by atoms with van der Waals surface area (Å²) in [6, 6.07) is 6.47. The molecule has 0 aliphatic carbocycles. The number of carbonyl (C=O) groups excluding carboxylic acids is 1. The van der Waals surface area contributed by atoms with Crippen molar-refractivity contribution < 1.29 is 9.18 Å². The summed E-state index contributed by atoms with van der Waals surface area (Å²) in [5.41, 5.74) is 0.999. The van der Waals surface area contributed by atoms with Gasteiger partial charge in [0.1, 0.15) is 11.2 Å². The third-order valence-corrected chi connectivity index (χ3v) is 4.80. The van der Waals surface area contributed by atoms with Crippen molar-refractivity contribution in [1.29, 1.82) is 0 Å². The first-order valence-corrected chi connectivity index (χ1v) is 7.79. The molecule has 1 heterocycles. The first kappa shape index (κ1) is 15.3. The molecule has 0 aromatic heterocycles. The first-order valence-electron chi connectivity index (χ1n) is 6.85. The predicted octanol–water partition coefficient (Wildman–Crippen LogP) is 2.74. The maximum atomic E-state index is 13.0. The Labute approximate surface area is 124 Å². The zero-order valence-corrected chi connectivity index (χ0v) is 13.0. The molecule has 1 aromatic carbocycles. The predicted molar refractivity (Wildman–Crippen MR) is 81.1 cm³/mol. The van der Waals surface area contributed by atoms with Gasteiger partial charge in [0, 0.05) is 6.54 Å². The number of hydrogen-bond acceptors (Lipinski definition) is 3. The van der Waals surface area contributed by atoms with Crippen molar-refractivity contribution in [2.45, 2.75) is 24.0 Å². The molecule has 0 saturated carbocycles. The molecule has 2 rings (SSSR count). The Balaban J connectivity index is 2.09. The Hall–Kier alpha value is -1.07. The van der Waals surface area contributed by atoms with Gasteiger partial charge in [0.05, 0.1) is 5.25 Å². The van der Waals surface area contributed by atoms with Gasteiger partial charge in [-0.05, 0) is 51.7 Å². The van der Waals surface area contributed by atoms with Crippen molar-refractivity contribution in [1.82, 2.24) is 9.80 Å². The fourth-order valence-electron chi connectivity index (χ4n) is 2.34. The molecular weight excluding hydrogens is 275 g/mol. The van der Waals surface area contributed by atoms with Gasteiger partial charge in [0.15, 0.2) is 0 Å². The van der Waals surface area contributed by atoms with Crippen molar-refractivity contribution in [2.24, 2.45) is 0 Å². The average molecular weight is 296 g/mol. The molecule has 2 unspecified atom stereocenters. The molecular formula is C15H21FN2OS. The monoisotopic (exact) mass is 296 g/mol. The minimum Gasteiger partial charge on any atom is -0.326 e. The quantitative estimate of drug-likeness (QED) is 0.835. The maximum Gasteiger partial charge on any atom is 0.236 e. The van der Waals surface area contributed by atoms with Crippen molar-refractivity contribution in [3.8, 4) is 0 Å². The molecule has 1 fully saturated rings. The van der Waals surface area contributed by atoms with E-state index in [-0.39, 0.29) is 22.3 Å². The smallest absolute Gasteiger partial charge is 0.236 e. The molecule has 3 nitrogen and oxygen atoms in total. The first-order chi connectivity index (χ1) is 9.49. The number of nitrogens with zero attached hydrogens (tertiary/aromatic N) is 2. The SMILES string of the molecule is CC1SC(c2ccc(F)cc2)N(CCCN(C)C)C1=O. The van der Waals surface area contributed by atoms with Gasteiger partial charge in [0.25, 0.3) is 0 Å². The van der Waals surface area contributed by atoms with Crippen LogP contribution in [-0.2, 0) is 4.79 Å². The van der Waals surface area contributed by atoms with E-state index in [1.54, 1.807) is 23.9 Å². The highest BCUT2D eigenvalue weighted by Crippen LogP contribution is 2.42. The van der Waals surface area contributed by atoms with Gasteiger partial charge >= 0.3 is 0 Å². The number of amides is 1. The number of halogens is 1. The van der Waals surface area contributed by atoms with Crippen molar-refractivity contribution in [2.75, 3.05) is 27.2 Å². The van der Waals surface area contributed by atoms with Gasteiger partial charge in [-0.1, -0.05) is 12.1 Å². The molecule has 2 atom stereocenters. The van der Waals surface area contributed by atoms with Gasteiger partial charge in [0.2, 0.25) is 5.91 Å². The molecule has 1 amide bonds. The summed E-state index contributed by atoms with van der Waals surface area (Å²) >= 11 is 1.64. The van der Waals surface area contributed by atoms with Gasteiger partial charge in [-0.15, -0.1) is 11.8 Å². The van der Waals surface area contributed by atoms with Crippen LogP contribution in [0.15, 0.2) is 24.3 Å². The molecule has 0 bridgehead atoms. The zero-order valence-electron chi connectivity index (χ0n) is 12.2. The molecule has 1 aliphatic heterocycles. The molecule has 1 saturated heterocycles. The number of hydrogen-bond donors (Lipinski definition) is 0. The lowest BCUT2D eigenvalue weighted by Gasteiger charge is -2.24. The molecule has 1 aromatic rings. The maximum absolute atomic E-state index is 13.0. The fourth-order valence-corrected chi connectivity index (χ4v) is 3.65. The summed E-state index contributed by atoms with van der Waals surface area (Å²) in [5.74, 6) is -0.0571. The largest absolute Gasteiger partial charge is 0.326 e. The summed E-state index contributed by atoms with van der Waals surface area (Å²) < 4.78 is 13.0. The normalized spacial score (nSPS) is 22.9. The third kappa shape index (κ3) is 3.52. The lowest BCUT2D eigenvalue weighted by Crippen LogP contribution is -2.32. The summed E-state index contributed by atoms with van der Waals surface area (Å²) in [6.07, 6.45) is 0.948. The zero-order chi connectivity index (χ0) is 14.7. The highest BCUT2D eigenvalue weighted by atomic mass is 32.2. The second kappa shape index (κ2) is 6.59. The van der Waals surface area contributed by atoms with Crippen LogP contribution in [-0.4, -0.2) is 48.1 Å². The van der Waals surface area contributed by atoms with E-state index in [9.17, 15) is 9.18 Å². The van der Waals surface area contributed by atoms with Crippen LogP contribution < -0.4 is 0 Å². The van der Waals surface area contributed by atoms with Crippen LogP contribution in [0.2, 0.25) is 0 Å². The minimum atomic E-state index is -0.240. The van der Waals surface area contributed by atoms with Gasteiger partial charge in [-0.3, -0.25) is 4.79 Å². The van der Waals surface area contributed by atoms with Crippen LogP contribution in [0.25, 0.3) is 0 Å².